The van der Waals surface area contributed by atoms with Gasteiger partial charge in [0.2, 0.25) is 5.91 Å². The van der Waals surface area contributed by atoms with Gasteiger partial charge in [-0.3, -0.25) is 4.79 Å². The van der Waals surface area contributed by atoms with Crippen LogP contribution in [-0.4, -0.2) is 79.0 Å². The normalized spacial score (nSPS) is 16.4. The predicted octanol–water partition coefficient (Wildman–Crippen LogP) is 1.42. The minimum atomic E-state index is -0.529. The van der Waals surface area contributed by atoms with Gasteiger partial charge in [-0.25, -0.2) is 4.79 Å². The van der Waals surface area contributed by atoms with Crippen LogP contribution in [0.5, 0.6) is 0 Å². The molecule has 0 radical (unpaired) electrons. The van der Waals surface area contributed by atoms with E-state index in [-0.39, 0.29) is 11.9 Å². The zero-order valence-corrected chi connectivity index (χ0v) is 15.6. The fraction of sp³-hybridized carbons (Fsp3) is 0.579. The van der Waals surface area contributed by atoms with E-state index < -0.39 is 6.04 Å². The molecule has 1 fully saturated rings. The van der Waals surface area contributed by atoms with Crippen LogP contribution in [0.1, 0.15) is 19.4 Å². The molecule has 1 aromatic rings. The van der Waals surface area contributed by atoms with Crippen molar-refractivity contribution in [2.45, 2.75) is 26.3 Å². The molecule has 1 heterocycles. The highest BCUT2D eigenvalue weighted by Crippen LogP contribution is 2.09. The molecule has 6 heteroatoms. The summed E-state index contributed by atoms with van der Waals surface area (Å²) in [5, 5.41) is 2.96. The maximum atomic E-state index is 13.0. The molecule has 1 N–H and O–H groups in total. The fourth-order valence-electron chi connectivity index (χ4n) is 3.05. The number of carbonyl (C=O) groups is 2. The maximum Gasteiger partial charge on any atom is 0.318 e. The first-order chi connectivity index (χ1) is 12.0. The molecule has 25 heavy (non-hydrogen) atoms. The molecule has 138 valence electrons. The second kappa shape index (κ2) is 9.42. The summed E-state index contributed by atoms with van der Waals surface area (Å²) in [4.78, 5) is 31.3. The van der Waals surface area contributed by atoms with Crippen molar-refractivity contribution in [3.63, 3.8) is 0 Å². The molecular weight excluding hydrogens is 316 g/mol. The lowest BCUT2D eigenvalue weighted by atomic mass is 10.0. The van der Waals surface area contributed by atoms with Gasteiger partial charge in [0, 0.05) is 45.7 Å². The van der Waals surface area contributed by atoms with Crippen LogP contribution in [-0.2, 0) is 11.2 Å². The molecule has 0 spiro atoms. The van der Waals surface area contributed by atoms with Crippen molar-refractivity contribution in [2.24, 2.45) is 0 Å². The van der Waals surface area contributed by atoms with E-state index in [1.165, 1.54) is 0 Å². The Kier molecular flexibility index (Phi) is 7.25. The largest absolute Gasteiger partial charge is 0.338 e. The summed E-state index contributed by atoms with van der Waals surface area (Å²) >= 11 is 0. The van der Waals surface area contributed by atoms with Gasteiger partial charge in [0.05, 0.1) is 0 Å². The van der Waals surface area contributed by atoms with Crippen molar-refractivity contribution in [3.05, 3.63) is 35.9 Å². The maximum absolute atomic E-state index is 13.0. The number of nitrogens with zero attached hydrogens (tertiary/aromatic N) is 3. The van der Waals surface area contributed by atoms with E-state index in [1.54, 1.807) is 4.90 Å². The average molecular weight is 346 g/mol. The van der Waals surface area contributed by atoms with Crippen LogP contribution < -0.4 is 5.32 Å². The van der Waals surface area contributed by atoms with Crippen molar-refractivity contribution in [2.75, 3.05) is 46.3 Å². The Bertz CT molecular complexity index is 552. The van der Waals surface area contributed by atoms with Gasteiger partial charge < -0.3 is 20.0 Å². The molecule has 1 saturated heterocycles. The monoisotopic (exact) mass is 346 g/mol. The fourth-order valence-corrected chi connectivity index (χ4v) is 3.05. The first-order valence-corrected chi connectivity index (χ1v) is 9.11. The number of likely N-dealkylation sites (N-methyl/N-ethyl adjacent to an activating group) is 1. The number of benzene rings is 1. The smallest absolute Gasteiger partial charge is 0.318 e. The van der Waals surface area contributed by atoms with Gasteiger partial charge in [0.15, 0.2) is 0 Å². The van der Waals surface area contributed by atoms with E-state index in [2.05, 4.69) is 17.3 Å². The molecule has 6 nitrogen and oxygen atoms in total. The van der Waals surface area contributed by atoms with Crippen LogP contribution in [0, 0.1) is 0 Å². The van der Waals surface area contributed by atoms with E-state index in [0.29, 0.717) is 32.6 Å². The van der Waals surface area contributed by atoms with E-state index in [4.69, 9.17) is 0 Å². The minimum Gasteiger partial charge on any atom is -0.338 e. The zero-order chi connectivity index (χ0) is 18.2. The Balaban J connectivity index is 2.10. The highest BCUT2D eigenvalue weighted by Gasteiger charge is 2.29. The number of rotatable bonds is 6. The number of hydrogen-bond acceptors (Lipinski definition) is 3. The Morgan fingerprint density at radius 1 is 1.08 bits per heavy atom. The van der Waals surface area contributed by atoms with E-state index in [0.717, 1.165) is 18.7 Å². The second-order valence-corrected chi connectivity index (χ2v) is 6.49. The Hall–Kier alpha value is -2.08. The molecule has 1 aliphatic rings. The van der Waals surface area contributed by atoms with Gasteiger partial charge in [0.25, 0.3) is 0 Å². The van der Waals surface area contributed by atoms with Gasteiger partial charge in [-0.2, -0.15) is 0 Å². The molecular formula is C19H30N4O2. The molecule has 3 amide bonds. The summed E-state index contributed by atoms with van der Waals surface area (Å²) in [6, 6.07) is 9.15. The SMILES string of the molecule is CCN(CC)C(=O)NC(Cc1ccccc1)C(=O)N1CCN(C)CC1. The lowest BCUT2D eigenvalue weighted by Crippen LogP contribution is -2.56. The number of urea groups is 1. The van der Waals surface area contributed by atoms with Gasteiger partial charge in [-0.05, 0) is 26.5 Å². The van der Waals surface area contributed by atoms with Crippen LogP contribution in [0.4, 0.5) is 4.79 Å². The molecule has 1 atom stereocenters. The highest BCUT2D eigenvalue weighted by molar-refractivity contribution is 5.87. The van der Waals surface area contributed by atoms with Crippen LogP contribution in [0.3, 0.4) is 0 Å². The number of hydrogen-bond donors (Lipinski definition) is 1. The Morgan fingerprint density at radius 3 is 2.24 bits per heavy atom. The van der Waals surface area contributed by atoms with Gasteiger partial charge in [-0.15, -0.1) is 0 Å². The van der Waals surface area contributed by atoms with Crippen LogP contribution in [0.25, 0.3) is 0 Å². The molecule has 0 saturated carbocycles. The van der Waals surface area contributed by atoms with E-state index >= 15 is 0 Å². The van der Waals surface area contributed by atoms with E-state index in [9.17, 15) is 9.59 Å². The number of nitrogens with one attached hydrogen (secondary N) is 1. The first kappa shape index (κ1) is 19.2. The Labute approximate surface area is 150 Å². The Morgan fingerprint density at radius 2 is 1.68 bits per heavy atom. The first-order valence-electron chi connectivity index (χ1n) is 9.11. The summed E-state index contributed by atoms with van der Waals surface area (Å²) in [5.74, 6) is 0.0115. The van der Waals surface area contributed by atoms with Crippen molar-refractivity contribution < 1.29 is 9.59 Å². The number of piperazine rings is 1. The third-order valence-corrected chi connectivity index (χ3v) is 4.74. The van der Waals surface area contributed by atoms with Crippen LogP contribution >= 0.6 is 0 Å². The summed E-state index contributed by atoms with van der Waals surface area (Å²) in [6.45, 7) is 8.30. The summed E-state index contributed by atoms with van der Waals surface area (Å²) in [6.07, 6.45) is 0.513. The van der Waals surface area contributed by atoms with Crippen molar-refractivity contribution >= 4 is 11.9 Å². The lowest BCUT2D eigenvalue weighted by molar-refractivity contribution is -0.134. The molecule has 0 aromatic heterocycles. The molecule has 0 aliphatic carbocycles. The van der Waals surface area contributed by atoms with Gasteiger partial charge in [0.1, 0.15) is 6.04 Å². The number of amides is 3. The quantitative estimate of drug-likeness (QED) is 0.848. The van der Waals surface area contributed by atoms with Crippen molar-refractivity contribution in [3.8, 4) is 0 Å². The lowest BCUT2D eigenvalue weighted by Gasteiger charge is -2.35. The standard InChI is InChI=1S/C19H30N4O2/c1-4-22(5-2)19(25)20-17(15-16-9-7-6-8-10-16)18(24)23-13-11-21(3)12-14-23/h6-10,17H,4-5,11-15H2,1-3H3,(H,20,25). The van der Waals surface area contributed by atoms with E-state index in [1.807, 2.05) is 49.1 Å². The van der Waals surface area contributed by atoms with Gasteiger partial charge in [-0.1, -0.05) is 30.3 Å². The van der Waals surface area contributed by atoms with Crippen LogP contribution in [0.2, 0.25) is 0 Å². The third kappa shape index (κ3) is 5.46. The minimum absolute atomic E-state index is 0.0115. The third-order valence-electron chi connectivity index (χ3n) is 4.74. The van der Waals surface area contributed by atoms with Crippen molar-refractivity contribution in [1.82, 2.24) is 20.0 Å². The van der Waals surface area contributed by atoms with Crippen molar-refractivity contribution in [1.29, 1.82) is 0 Å². The summed E-state index contributed by atoms with van der Waals surface area (Å²) < 4.78 is 0. The second-order valence-electron chi connectivity index (χ2n) is 6.49. The summed E-state index contributed by atoms with van der Waals surface area (Å²) in [7, 11) is 2.06. The molecule has 2 rings (SSSR count). The molecule has 1 aromatic carbocycles. The summed E-state index contributed by atoms with van der Waals surface area (Å²) in [5.41, 5.74) is 1.05. The molecule has 1 aliphatic heterocycles. The zero-order valence-electron chi connectivity index (χ0n) is 15.6. The molecule has 1 unspecified atom stereocenters. The van der Waals surface area contributed by atoms with Gasteiger partial charge >= 0.3 is 6.03 Å². The van der Waals surface area contributed by atoms with Crippen LogP contribution in [0.15, 0.2) is 30.3 Å². The highest BCUT2D eigenvalue weighted by atomic mass is 16.2. The predicted molar refractivity (Wildman–Crippen MR) is 99.5 cm³/mol. The average Bonchev–Trinajstić information content (AvgIpc) is 2.63. The molecule has 0 bridgehead atoms. The number of carbonyl (C=O) groups excluding carboxylic acids is 2. The topological polar surface area (TPSA) is 55.9 Å².